The largest absolute Gasteiger partial charge is 0.526 e. The third kappa shape index (κ3) is 1.66. The molecule has 2 N–H and O–H groups in total. The van der Waals surface area contributed by atoms with Gasteiger partial charge in [0.15, 0.2) is 5.76 Å². The monoisotopic (exact) mass is 190 g/mol. The van der Waals surface area contributed by atoms with Crippen molar-refractivity contribution < 1.29 is 14.5 Å². The normalized spacial score (nSPS) is 10.1. The molecule has 0 radical (unpaired) electrons. The molecule has 0 unspecified atom stereocenters. The first-order valence-corrected chi connectivity index (χ1v) is 3.99. The van der Waals surface area contributed by atoms with Crippen molar-refractivity contribution in [2.45, 2.75) is 0 Å². The molecule has 0 aliphatic heterocycles. The third-order valence-electron chi connectivity index (χ3n) is 1.72. The van der Waals surface area contributed by atoms with Crippen molar-refractivity contribution in [1.82, 2.24) is 9.97 Å². The maximum atomic E-state index is 8.81. The van der Waals surface area contributed by atoms with E-state index in [4.69, 9.17) is 14.5 Å². The van der Waals surface area contributed by atoms with Crippen LogP contribution in [0.5, 0.6) is 0 Å². The Kier molecular flexibility index (Phi) is 2.30. The molecule has 2 aromatic heterocycles. The quantitative estimate of drug-likeness (QED) is 0.619. The van der Waals surface area contributed by atoms with Gasteiger partial charge in [0, 0.05) is 6.20 Å². The Bertz CT molecular complexity index is 416. The van der Waals surface area contributed by atoms with Gasteiger partial charge in [0.1, 0.15) is 17.7 Å². The van der Waals surface area contributed by atoms with E-state index in [-0.39, 0.29) is 5.66 Å². The number of nitrogens with zero attached hydrogens (tertiary/aromatic N) is 2. The summed E-state index contributed by atoms with van der Waals surface area (Å²) in [6.07, 6.45) is 2.98. The molecule has 14 heavy (non-hydrogen) atoms. The zero-order valence-corrected chi connectivity index (χ0v) is 7.16. The minimum absolute atomic E-state index is 0.0959. The summed E-state index contributed by atoms with van der Waals surface area (Å²) in [7, 11) is -1.59. The Morgan fingerprint density at radius 3 is 2.64 bits per heavy atom. The minimum atomic E-state index is -1.59. The SMILES string of the molecule is OB(O)c1ccc(-c2ccncn2)o1. The summed E-state index contributed by atoms with van der Waals surface area (Å²) >= 11 is 0. The van der Waals surface area contributed by atoms with E-state index in [0.717, 1.165) is 0 Å². The van der Waals surface area contributed by atoms with E-state index in [9.17, 15) is 0 Å². The molecular formula is C8H7BN2O3. The molecule has 0 spiro atoms. The lowest BCUT2D eigenvalue weighted by molar-refractivity contribution is 0.410. The number of furan rings is 1. The van der Waals surface area contributed by atoms with E-state index in [0.29, 0.717) is 11.5 Å². The van der Waals surface area contributed by atoms with Crippen LogP contribution in [0.2, 0.25) is 0 Å². The highest BCUT2D eigenvalue weighted by atomic mass is 16.4. The molecule has 2 aromatic rings. The molecule has 0 amide bonds. The van der Waals surface area contributed by atoms with E-state index < -0.39 is 7.12 Å². The fourth-order valence-electron chi connectivity index (χ4n) is 1.07. The molecule has 2 rings (SSSR count). The van der Waals surface area contributed by atoms with Gasteiger partial charge in [-0.05, 0) is 18.2 Å². The molecule has 70 valence electrons. The van der Waals surface area contributed by atoms with Crippen LogP contribution in [0.3, 0.4) is 0 Å². The first-order chi connectivity index (χ1) is 6.77. The smallest absolute Gasteiger partial charge is 0.463 e. The average molecular weight is 190 g/mol. The molecule has 0 atom stereocenters. The van der Waals surface area contributed by atoms with Gasteiger partial charge in [0.2, 0.25) is 0 Å². The lowest BCUT2D eigenvalue weighted by Gasteiger charge is -1.94. The number of hydrogen-bond donors (Lipinski definition) is 2. The Hall–Kier alpha value is -1.66. The molecular weight excluding hydrogens is 183 g/mol. The van der Waals surface area contributed by atoms with E-state index in [1.807, 2.05) is 0 Å². The van der Waals surface area contributed by atoms with Crippen LogP contribution in [0.15, 0.2) is 35.1 Å². The van der Waals surface area contributed by atoms with Crippen LogP contribution >= 0.6 is 0 Å². The van der Waals surface area contributed by atoms with E-state index in [1.165, 1.54) is 12.4 Å². The lowest BCUT2D eigenvalue weighted by Crippen LogP contribution is -2.27. The van der Waals surface area contributed by atoms with Gasteiger partial charge in [-0.15, -0.1) is 0 Å². The Morgan fingerprint density at radius 2 is 2.07 bits per heavy atom. The number of aromatic nitrogens is 2. The van der Waals surface area contributed by atoms with Crippen molar-refractivity contribution in [2.24, 2.45) is 0 Å². The minimum Gasteiger partial charge on any atom is -0.463 e. The van der Waals surface area contributed by atoms with Gasteiger partial charge in [-0.3, -0.25) is 0 Å². The summed E-state index contributed by atoms with van der Waals surface area (Å²) in [5.74, 6) is 0.482. The van der Waals surface area contributed by atoms with E-state index >= 15 is 0 Å². The van der Waals surface area contributed by atoms with Crippen LogP contribution < -0.4 is 5.66 Å². The van der Waals surface area contributed by atoms with Crippen molar-refractivity contribution in [3.05, 3.63) is 30.7 Å². The van der Waals surface area contributed by atoms with Crippen molar-refractivity contribution >= 4 is 12.8 Å². The van der Waals surface area contributed by atoms with Crippen LogP contribution in [0, 0.1) is 0 Å². The zero-order valence-electron chi connectivity index (χ0n) is 7.16. The Labute approximate surface area is 80.2 Å². The molecule has 6 heteroatoms. The highest BCUT2D eigenvalue weighted by Gasteiger charge is 2.16. The molecule has 0 aliphatic rings. The fraction of sp³-hybridized carbons (Fsp3) is 0. The molecule has 0 aliphatic carbocycles. The zero-order chi connectivity index (χ0) is 9.97. The Balaban J connectivity index is 2.34. The van der Waals surface area contributed by atoms with Crippen molar-refractivity contribution in [1.29, 1.82) is 0 Å². The fourth-order valence-corrected chi connectivity index (χ4v) is 1.07. The summed E-state index contributed by atoms with van der Waals surface area (Å²) < 4.78 is 5.14. The molecule has 2 heterocycles. The highest BCUT2D eigenvalue weighted by molar-refractivity contribution is 6.57. The highest BCUT2D eigenvalue weighted by Crippen LogP contribution is 2.14. The second kappa shape index (κ2) is 3.61. The molecule has 5 nitrogen and oxygen atoms in total. The predicted octanol–water partition coefficient (Wildman–Crippen LogP) is -0.584. The van der Waals surface area contributed by atoms with Crippen LogP contribution in [-0.2, 0) is 0 Å². The molecule has 0 aromatic carbocycles. The van der Waals surface area contributed by atoms with E-state index in [1.54, 1.807) is 18.3 Å². The molecule has 0 fully saturated rings. The van der Waals surface area contributed by atoms with Gasteiger partial charge in [0.25, 0.3) is 0 Å². The van der Waals surface area contributed by atoms with E-state index in [2.05, 4.69) is 9.97 Å². The van der Waals surface area contributed by atoms with Gasteiger partial charge < -0.3 is 14.5 Å². The molecule has 0 saturated heterocycles. The Morgan fingerprint density at radius 1 is 1.21 bits per heavy atom. The van der Waals surface area contributed by atoms with Gasteiger partial charge in [-0.25, -0.2) is 9.97 Å². The maximum absolute atomic E-state index is 8.81. The van der Waals surface area contributed by atoms with Crippen molar-refractivity contribution in [3.8, 4) is 11.5 Å². The maximum Gasteiger partial charge on any atom is 0.526 e. The van der Waals surface area contributed by atoms with Gasteiger partial charge in [0.05, 0.1) is 0 Å². The van der Waals surface area contributed by atoms with Crippen LogP contribution in [0.1, 0.15) is 0 Å². The van der Waals surface area contributed by atoms with Crippen LogP contribution in [0.4, 0.5) is 0 Å². The second-order valence-corrected chi connectivity index (χ2v) is 2.67. The van der Waals surface area contributed by atoms with Crippen molar-refractivity contribution in [3.63, 3.8) is 0 Å². The standard InChI is InChI=1S/C8H7BN2O3/c12-9(13)8-2-1-7(14-8)6-3-4-10-5-11-6/h1-5,12-13H. The lowest BCUT2D eigenvalue weighted by atomic mass is 9.88. The van der Waals surface area contributed by atoms with Gasteiger partial charge in [-0.1, -0.05) is 0 Å². The third-order valence-corrected chi connectivity index (χ3v) is 1.72. The first-order valence-electron chi connectivity index (χ1n) is 3.99. The topological polar surface area (TPSA) is 79.4 Å². The van der Waals surface area contributed by atoms with Crippen LogP contribution in [-0.4, -0.2) is 27.1 Å². The average Bonchev–Trinajstić information content (AvgIpc) is 2.68. The predicted molar refractivity (Wildman–Crippen MR) is 49.6 cm³/mol. The van der Waals surface area contributed by atoms with Crippen molar-refractivity contribution in [2.75, 3.05) is 0 Å². The first kappa shape index (κ1) is 8.92. The number of rotatable bonds is 2. The number of hydrogen-bond acceptors (Lipinski definition) is 5. The molecule has 0 saturated carbocycles. The molecule has 0 bridgehead atoms. The summed E-state index contributed by atoms with van der Waals surface area (Å²) in [5, 5.41) is 17.6. The van der Waals surface area contributed by atoms with Crippen LogP contribution in [0.25, 0.3) is 11.5 Å². The summed E-state index contributed by atoms with van der Waals surface area (Å²) in [4.78, 5) is 7.71. The summed E-state index contributed by atoms with van der Waals surface area (Å²) in [6.45, 7) is 0. The van der Waals surface area contributed by atoms with Gasteiger partial charge in [-0.2, -0.15) is 0 Å². The summed E-state index contributed by atoms with van der Waals surface area (Å²) in [6, 6.07) is 4.78. The van der Waals surface area contributed by atoms with Gasteiger partial charge >= 0.3 is 7.12 Å². The second-order valence-electron chi connectivity index (χ2n) is 2.67. The summed E-state index contributed by atoms with van der Waals surface area (Å²) in [5.41, 5.74) is 0.700.